The van der Waals surface area contributed by atoms with Crippen molar-refractivity contribution in [3.8, 4) is 11.3 Å². The van der Waals surface area contributed by atoms with Gasteiger partial charge in [0, 0.05) is 22.2 Å². The fraction of sp³-hybridized carbons (Fsp3) is 0.150. The van der Waals surface area contributed by atoms with Gasteiger partial charge in [-0.3, -0.25) is 0 Å². The monoisotopic (exact) mass is 435 g/mol. The molecule has 1 heterocycles. The fourth-order valence-corrected chi connectivity index (χ4v) is 3.56. The van der Waals surface area contributed by atoms with Gasteiger partial charge in [0.05, 0.1) is 11.8 Å². The molecule has 0 aliphatic carbocycles. The lowest BCUT2D eigenvalue weighted by Crippen LogP contribution is -2.25. The number of hydrogen-bond donors (Lipinski definition) is 1. The molecular weight excluding hydrogens is 420 g/mol. The molecule has 0 bridgehead atoms. The molecule has 3 aromatic rings. The fourth-order valence-electron chi connectivity index (χ4n) is 2.53. The highest BCUT2D eigenvalue weighted by atomic mass is 35.5. The van der Waals surface area contributed by atoms with E-state index in [0.29, 0.717) is 15.7 Å². The lowest BCUT2D eigenvalue weighted by Gasteiger charge is -2.19. The van der Waals surface area contributed by atoms with Crippen molar-refractivity contribution in [3.05, 3.63) is 69.6 Å². The summed E-state index contributed by atoms with van der Waals surface area (Å²) in [6.07, 6.45) is 1.30. The Hall–Kier alpha value is -2.84. The van der Waals surface area contributed by atoms with E-state index < -0.39 is 16.9 Å². The normalized spacial score (nSPS) is 11.4. The molecule has 5 nitrogen and oxygen atoms in total. The summed E-state index contributed by atoms with van der Waals surface area (Å²) in [5.74, 6) is -1.93. The first-order valence-corrected chi connectivity index (χ1v) is 9.74. The third-order valence-electron chi connectivity index (χ3n) is 3.94. The van der Waals surface area contributed by atoms with Crippen LogP contribution < -0.4 is 5.01 Å². The van der Waals surface area contributed by atoms with Gasteiger partial charge in [0.1, 0.15) is 11.5 Å². The molecule has 2 aromatic carbocycles. The van der Waals surface area contributed by atoms with E-state index in [2.05, 4.69) is 10.1 Å². The van der Waals surface area contributed by atoms with Crippen LogP contribution in [0.5, 0.6) is 0 Å². The number of carbonyl (C=O) groups is 1. The van der Waals surface area contributed by atoms with Crippen LogP contribution in [0.3, 0.4) is 0 Å². The zero-order valence-corrected chi connectivity index (χ0v) is 17.0. The van der Waals surface area contributed by atoms with E-state index >= 15 is 0 Å². The number of benzene rings is 2. The maximum absolute atomic E-state index is 14.5. The summed E-state index contributed by atoms with van der Waals surface area (Å²) in [7, 11) is 0. The predicted molar refractivity (Wildman–Crippen MR) is 111 cm³/mol. The highest BCUT2D eigenvalue weighted by Gasteiger charge is 2.20. The number of carboxylic acid groups (broad SMARTS) is 1. The van der Waals surface area contributed by atoms with Crippen LogP contribution in [-0.4, -0.2) is 28.3 Å². The Morgan fingerprint density at radius 2 is 1.93 bits per heavy atom. The number of thiazole rings is 1. The molecule has 3 rings (SSSR count). The lowest BCUT2D eigenvalue weighted by atomic mass is 10.1. The molecule has 0 radical (unpaired) electrons. The van der Waals surface area contributed by atoms with Crippen molar-refractivity contribution in [2.45, 2.75) is 19.9 Å². The SMILES string of the molecule is CC(C)N(/N=C/c1ccc(F)cc1C(=O)O)c1nc(-c2ccc(Cl)cc2)c(F)s1. The highest BCUT2D eigenvalue weighted by Crippen LogP contribution is 2.33. The second-order valence-corrected chi connectivity index (χ2v) is 7.71. The number of hydrogen-bond acceptors (Lipinski definition) is 5. The lowest BCUT2D eigenvalue weighted by molar-refractivity contribution is 0.0696. The third-order valence-corrected chi connectivity index (χ3v) is 5.03. The molecule has 0 unspecified atom stereocenters. The van der Waals surface area contributed by atoms with Crippen LogP contribution in [-0.2, 0) is 0 Å². The van der Waals surface area contributed by atoms with Gasteiger partial charge in [0.15, 0.2) is 0 Å². The Kier molecular flexibility index (Phi) is 6.24. The molecule has 1 N–H and O–H groups in total. The van der Waals surface area contributed by atoms with Gasteiger partial charge < -0.3 is 5.11 Å². The van der Waals surface area contributed by atoms with Crippen LogP contribution in [0.4, 0.5) is 13.9 Å². The molecule has 0 saturated heterocycles. The van der Waals surface area contributed by atoms with E-state index in [1.165, 1.54) is 17.3 Å². The van der Waals surface area contributed by atoms with E-state index in [9.17, 15) is 18.7 Å². The Morgan fingerprint density at radius 3 is 2.55 bits per heavy atom. The first-order chi connectivity index (χ1) is 13.8. The molecule has 0 aliphatic rings. The van der Waals surface area contributed by atoms with Crippen LogP contribution in [0.25, 0.3) is 11.3 Å². The first kappa shape index (κ1) is 20.9. The zero-order valence-electron chi connectivity index (χ0n) is 15.4. The average molecular weight is 436 g/mol. The average Bonchev–Trinajstić information content (AvgIpc) is 3.04. The molecule has 0 fully saturated rings. The number of aromatic nitrogens is 1. The van der Waals surface area contributed by atoms with E-state index in [-0.39, 0.29) is 22.9 Å². The van der Waals surface area contributed by atoms with Crippen molar-refractivity contribution < 1.29 is 18.7 Å². The summed E-state index contributed by atoms with van der Waals surface area (Å²) in [5.41, 5.74) is 0.758. The van der Waals surface area contributed by atoms with Gasteiger partial charge in [-0.25, -0.2) is 19.2 Å². The van der Waals surface area contributed by atoms with Crippen molar-refractivity contribution in [1.82, 2.24) is 4.98 Å². The molecule has 0 saturated carbocycles. The molecule has 150 valence electrons. The van der Waals surface area contributed by atoms with Gasteiger partial charge in [-0.2, -0.15) is 9.49 Å². The van der Waals surface area contributed by atoms with Crippen LogP contribution in [0.15, 0.2) is 47.6 Å². The minimum absolute atomic E-state index is 0.176. The van der Waals surface area contributed by atoms with Crippen molar-refractivity contribution in [1.29, 1.82) is 0 Å². The van der Waals surface area contributed by atoms with E-state index in [1.807, 2.05) is 13.8 Å². The number of aromatic carboxylic acids is 1. The number of rotatable bonds is 6. The van der Waals surface area contributed by atoms with E-state index in [0.717, 1.165) is 23.5 Å². The van der Waals surface area contributed by atoms with Crippen molar-refractivity contribution in [2.75, 3.05) is 5.01 Å². The summed E-state index contributed by atoms with van der Waals surface area (Å²) >= 11 is 6.70. The van der Waals surface area contributed by atoms with Gasteiger partial charge in [0.25, 0.3) is 0 Å². The quantitative estimate of drug-likeness (QED) is 0.399. The van der Waals surface area contributed by atoms with Gasteiger partial charge in [-0.1, -0.05) is 35.1 Å². The number of hydrazone groups is 1. The molecule has 0 spiro atoms. The molecule has 9 heteroatoms. The first-order valence-electron chi connectivity index (χ1n) is 8.54. The van der Waals surface area contributed by atoms with Crippen LogP contribution in [0, 0.1) is 10.9 Å². The summed E-state index contributed by atoms with van der Waals surface area (Å²) < 4.78 is 27.9. The van der Waals surface area contributed by atoms with Crippen molar-refractivity contribution in [3.63, 3.8) is 0 Å². The smallest absolute Gasteiger partial charge is 0.336 e. The number of anilines is 1. The second kappa shape index (κ2) is 8.67. The van der Waals surface area contributed by atoms with Crippen molar-refractivity contribution >= 4 is 40.3 Å². The summed E-state index contributed by atoms with van der Waals surface area (Å²) in [6.45, 7) is 3.67. The number of halogens is 3. The van der Waals surface area contributed by atoms with Crippen LogP contribution in [0.2, 0.25) is 5.02 Å². The summed E-state index contributed by atoms with van der Waals surface area (Å²) in [6, 6.07) is 9.84. The Morgan fingerprint density at radius 1 is 1.24 bits per heavy atom. The molecule has 0 amide bonds. The van der Waals surface area contributed by atoms with Gasteiger partial charge in [0.2, 0.25) is 10.3 Å². The largest absolute Gasteiger partial charge is 0.478 e. The van der Waals surface area contributed by atoms with E-state index in [4.69, 9.17) is 11.6 Å². The number of carboxylic acids is 1. The number of nitrogens with zero attached hydrogens (tertiary/aromatic N) is 3. The second-order valence-electron chi connectivity index (χ2n) is 6.35. The topological polar surface area (TPSA) is 65.8 Å². The Bertz CT molecular complexity index is 1070. The van der Waals surface area contributed by atoms with Gasteiger partial charge >= 0.3 is 5.97 Å². The van der Waals surface area contributed by atoms with Crippen LogP contribution in [0.1, 0.15) is 29.8 Å². The van der Waals surface area contributed by atoms with Gasteiger partial charge in [-0.05, 0) is 44.2 Å². The molecule has 29 heavy (non-hydrogen) atoms. The van der Waals surface area contributed by atoms with Crippen molar-refractivity contribution in [2.24, 2.45) is 5.10 Å². The summed E-state index contributed by atoms with van der Waals surface area (Å²) in [5, 5.41) is 15.4. The predicted octanol–water partition coefficient (Wildman–Crippen LogP) is 5.69. The standard InChI is InChI=1S/C20H16ClF2N3O2S/c1-11(2)26(24-10-13-5-8-15(22)9-16(13)19(27)28)20-25-17(18(23)29-20)12-3-6-14(21)7-4-12/h3-11H,1-2H3,(H,27,28)/b24-10+. The molecule has 1 aromatic heterocycles. The molecule has 0 aliphatic heterocycles. The van der Waals surface area contributed by atoms with Gasteiger partial charge in [-0.15, -0.1) is 0 Å². The Balaban J connectivity index is 1.96. The highest BCUT2D eigenvalue weighted by molar-refractivity contribution is 7.14. The maximum atomic E-state index is 14.5. The molecule has 0 atom stereocenters. The maximum Gasteiger partial charge on any atom is 0.336 e. The summed E-state index contributed by atoms with van der Waals surface area (Å²) in [4.78, 5) is 15.7. The molecular formula is C20H16ClF2N3O2S. The van der Waals surface area contributed by atoms with Crippen LogP contribution >= 0.6 is 22.9 Å². The minimum Gasteiger partial charge on any atom is -0.478 e. The third kappa shape index (κ3) is 4.78. The minimum atomic E-state index is -1.27. The zero-order chi connectivity index (χ0) is 21.1. The Labute approximate surface area is 174 Å². The van der Waals surface area contributed by atoms with E-state index in [1.54, 1.807) is 24.3 Å².